The molecule has 2 aliphatic rings. The highest BCUT2D eigenvalue weighted by atomic mass is 16.8. The maximum absolute atomic E-state index is 12.3. The third-order valence-electron chi connectivity index (χ3n) is 4.99. The molecule has 2 N–H and O–H groups in total. The quantitative estimate of drug-likeness (QED) is 0.552. The predicted octanol–water partition coefficient (Wildman–Crippen LogP) is 1.19. The number of carboxylic acid groups (broad SMARTS) is 1. The summed E-state index contributed by atoms with van der Waals surface area (Å²) in [4.78, 5) is 36.2. The van der Waals surface area contributed by atoms with Crippen LogP contribution in [0, 0.1) is 0 Å². The van der Waals surface area contributed by atoms with Gasteiger partial charge in [0.05, 0.1) is 0 Å². The SMILES string of the molecule is CO[C@@H]1O[C@@H]([C@H](OC(C)=O)[C@@H](NC(=O)OCc2ccccc2)C(=O)O)[C@H]2OC(C)(C)O[C@@H]12. The van der Waals surface area contributed by atoms with Crippen molar-refractivity contribution in [3.8, 4) is 0 Å². The van der Waals surface area contributed by atoms with Crippen LogP contribution < -0.4 is 5.32 Å². The topological polar surface area (TPSA) is 139 Å². The Hall–Kier alpha value is -2.73. The molecule has 2 saturated heterocycles. The van der Waals surface area contributed by atoms with E-state index in [1.54, 1.807) is 38.1 Å². The number of ether oxygens (including phenoxy) is 6. The summed E-state index contributed by atoms with van der Waals surface area (Å²) in [6, 6.07) is 7.18. The van der Waals surface area contributed by atoms with Crippen LogP contribution in [0.4, 0.5) is 4.79 Å². The highest BCUT2D eigenvalue weighted by Gasteiger charge is 2.60. The van der Waals surface area contributed by atoms with Gasteiger partial charge in [-0.25, -0.2) is 9.59 Å². The number of amides is 1. The third kappa shape index (κ3) is 5.54. The van der Waals surface area contributed by atoms with Gasteiger partial charge in [0, 0.05) is 14.0 Å². The van der Waals surface area contributed by atoms with Crippen LogP contribution in [0.5, 0.6) is 0 Å². The molecule has 0 aliphatic carbocycles. The van der Waals surface area contributed by atoms with Crippen molar-refractivity contribution in [1.82, 2.24) is 5.32 Å². The summed E-state index contributed by atoms with van der Waals surface area (Å²) in [5, 5.41) is 12.0. The summed E-state index contributed by atoms with van der Waals surface area (Å²) >= 11 is 0. The number of esters is 1. The first-order valence-corrected chi connectivity index (χ1v) is 10.0. The summed E-state index contributed by atoms with van der Waals surface area (Å²) in [7, 11) is 1.40. The number of nitrogens with one attached hydrogen (secondary N) is 1. The normalized spacial score (nSPS) is 27.8. The van der Waals surface area contributed by atoms with Crippen LogP contribution >= 0.6 is 0 Å². The number of hydrogen-bond donors (Lipinski definition) is 2. The Bertz CT molecular complexity index is 829. The van der Waals surface area contributed by atoms with Gasteiger partial charge in [0.2, 0.25) is 0 Å². The number of carboxylic acids is 1. The highest BCUT2D eigenvalue weighted by molar-refractivity contribution is 5.81. The zero-order valence-electron chi connectivity index (χ0n) is 18.2. The van der Waals surface area contributed by atoms with E-state index in [4.69, 9.17) is 28.4 Å². The van der Waals surface area contributed by atoms with E-state index in [1.807, 2.05) is 6.07 Å². The van der Waals surface area contributed by atoms with Crippen molar-refractivity contribution < 1.29 is 47.9 Å². The van der Waals surface area contributed by atoms with E-state index in [-0.39, 0.29) is 6.61 Å². The highest BCUT2D eigenvalue weighted by Crippen LogP contribution is 2.41. The van der Waals surface area contributed by atoms with Crippen molar-refractivity contribution in [1.29, 1.82) is 0 Å². The largest absolute Gasteiger partial charge is 0.480 e. The van der Waals surface area contributed by atoms with E-state index in [2.05, 4.69) is 5.32 Å². The lowest BCUT2D eigenvalue weighted by Crippen LogP contribution is -2.57. The summed E-state index contributed by atoms with van der Waals surface area (Å²) in [5.74, 6) is -3.21. The molecule has 2 heterocycles. The van der Waals surface area contributed by atoms with E-state index in [0.717, 1.165) is 12.5 Å². The molecule has 0 radical (unpaired) electrons. The minimum Gasteiger partial charge on any atom is -0.480 e. The Kier molecular flexibility index (Phi) is 7.34. The average Bonchev–Trinajstić information content (AvgIpc) is 3.22. The zero-order chi connectivity index (χ0) is 23.5. The smallest absolute Gasteiger partial charge is 0.408 e. The molecule has 1 amide bonds. The molecule has 11 heteroatoms. The number of alkyl carbamates (subject to hydrolysis) is 1. The van der Waals surface area contributed by atoms with Gasteiger partial charge < -0.3 is 38.8 Å². The van der Waals surface area contributed by atoms with Gasteiger partial charge in [0.25, 0.3) is 0 Å². The monoisotopic (exact) mass is 453 g/mol. The first-order valence-electron chi connectivity index (χ1n) is 10.0. The van der Waals surface area contributed by atoms with E-state index < -0.39 is 60.6 Å². The maximum atomic E-state index is 12.3. The van der Waals surface area contributed by atoms with E-state index in [9.17, 15) is 19.5 Å². The van der Waals surface area contributed by atoms with Gasteiger partial charge >= 0.3 is 18.0 Å². The molecule has 32 heavy (non-hydrogen) atoms. The maximum Gasteiger partial charge on any atom is 0.408 e. The Morgan fingerprint density at radius 1 is 1.16 bits per heavy atom. The fraction of sp³-hybridized carbons (Fsp3) is 0.571. The van der Waals surface area contributed by atoms with Gasteiger partial charge in [-0.05, 0) is 19.4 Å². The summed E-state index contributed by atoms with van der Waals surface area (Å²) in [5.41, 5.74) is 0.717. The Balaban J connectivity index is 1.77. The molecule has 0 spiro atoms. The van der Waals surface area contributed by atoms with Crippen molar-refractivity contribution in [2.24, 2.45) is 0 Å². The first-order chi connectivity index (χ1) is 15.1. The Labute approximate surface area is 184 Å². The molecular formula is C21H27NO10. The van der Waals surface area contributed by atoms with Gasteiger partial charge in [0.15, 0.2) is 24.2 Å². The van der Waals surface area contributed by atoms with Crippen molar-refractivity contribution in [2.45, 2.75) is 69.9 Å². The van der Waals surface area contributed by atoms with Gasteiger partial charge in [-0.2, -0.15) is 0 Å². The predicted molar refractivity (Wildman–Crippen MR) is 106 cm³/mol. The molecule has 1 aromatic rings. The Morgan fingerprint density at radius 3 is 2.41 bits per heavy atom. The van der Waals surface area contributed by atoms with Crippen molar-refractivity contribution in [3.63, 3.8) is 0 Å². The number of methoxy groups -OCH3 is 1. The van der Waals surface area contributed by atoms with Crippen molar-refractivity contribution >= 4 is 18.0 Å². The molecule has 0 saturated carbocycles. The number of rotatable bonds is 8. The number of benzene rings is 1. The lowest BCUT2D eigenvalue weighted by molar-refractivity contribution is -0.240. The van der Waals surface area contributed by atoms with Gasteiger partial charge in [-0.15, -0.1) is 0 Å². The molecule has 176 valence electrons. The van der Waals surface area contributed by atoms with Crippen LogP contribution in [0.25, 0.3) is 0 Å². The second-order valence-electron chi connectivity index (χ2n) is 7.87. The van der Waals surface area contributed by atoms with Crippen molar-refractivity contribution in [3.05, 3.63) is 35.9 Å². The van der Waals surface area contributed by atoms with Crippen LogP contribution in [-0.4, -0.2) is 72.8 Å². The fourth-order valence-corrected chi connectivity index (χ4v) is 3.74. The van der Waals surface area contributed by atoms with Crippen LogP contribution in [0.2, 0.25) is 0 Å². The van der Waals surface area contributed by atoms with E-state index in [0.29, 0.717) is 0 Å². The zero-order valence-corrected chi connectivity index (χ0v) is 18.2. The molecule has 1 aromatic carbocycles. The fourth-order valence-electron chi connectivity index (χ4n) is 3.74. The lowest BCUT2D eigenvalue weighted by Gasteiger charge is -2.31. The summed E-state index contributed by atoms with van der Waals surface area (Å²) in [6.45, 7) is 4.42. The summed E-state index contributed by atoms with van der Waals surface area (Å²) in [6.07, 6.45) is -5.91. The summed E-state index contributed by atoms with van der Waals surface area (Å²) < 4.78 is 33.1. The molecule has 0 unspecified atom stereocenters. The van der Waals surface area contributed by atoms with E-state index >= 15 is 0 Å². The molecule has 2 fully saturated rings. The number of fused-ring (bicyclic) bond motifs is 1. The minimum atomic E-state index is -1.68. The van der Waals surface area contributed by atoms with Gasteiger partial charge in [0.1, 0.15) is 24.9 Å². The molecule has 0 aromatic heterocycles. The molecule has 6 atom stereocenters. The number of carbonyl (C=O) groups excluding carboxylic acids is 2. The second kappa shape index (κ2) is 9.82. The number of hydrogen-bond acceptors (Lipinski definition) is 9. The van der Waals surface area contributed by atoms with Gasteiger partial charge in [-0.1, -0.05) is 30.3 Å². The number of carbonyl (C=O) groups is 3. The minimum absolute atomic E-state index is 0.0707. The average molecular weight is 453 g/mol. The first kappa shape index (κ1) is 23.9. The second-order valence-corrected chi connectivity index (χ2v) is 7.87. The van der Waals surface area contributed by atoms with Crippen LogP contribution in [0.3, 0.4) is 0 Å². The molecule has 2 aliphatic heterocycles. The third-order valence-corrected chi connectivity index (χ3v) is 4.99. The standard InChI is InChI=1S/C21H27NO10/c1-11(23)29-14(15-16-17(19(27-4)30-15)32-21(2,3)31-16)13(18(24)25)22-20(26)28-10-12-8-6-5-7-9-12/h5-9,13-17,19H,10H2,1-4H3,(H,22,26)(H,24,25)/t13-,14-,15+,16-,17-,19-/m1/s1. The number of aliphatic carboxylic acids is 1. The molecule has 11 nitrogen and oxygen atoms in total. The molecular weight excluding hydrogens is 426 g/mol. The molecule has 3 rings (SSSR count). The molecule has 0 bridgehead atoms. The van der Waals surface area contributed by atoms with Crippen LogP contribution in [0.15, 0.2) is 30.3 Å². The van der Waals surface area contributed by atoms with E-state index in [1.165, 1.54) is 7.11 Å². The lowest BCUT2D eigenvalue weighted by atomic mass is 9.99. The van der Waals surface area contributed by atoms with Crippen molar-refractivity contribution in [2.75, 3.05) is 7.11 Å². The van der Waals surface area contributed by atoms with Gasteiger partial charge in [-0.3, -0.25) is 4.79 Å². The Morgan fingerprint density at radius 2 is 1.81 bits per heavy atom. The van der Waals surface area contributed by atoms with Crippen LogP contribution in [0.1, 0.15) is 26.3 Å². The van der Waals surface area contributed by atoms with Crippen LogP contribution in [-0.2, 0) is 44.6 Å².